The predicted octanol–water partition coefficient (Wildman–Crippen LogP) is 3.32. The smallest absolute Gasteiger partial charge is 0.244 e. The third kappa shape index (κ3) is 7.95. The van der Waals surface area contributed by atoms with Gasteiger partial charge in [-0.15, -0.1) is 0 Å². The highest BCUT2D eigenvalue weighted by Gasteiger charge is 2.32. The fourth-order valence-electron chi connectivity index (χ4n) is 3.51. The molecule has 0 aliphatic rings. The zero-order chi connectivity index (χ0) is 26.2. The molecule has 0 unspecified atom stereocenters. The minimum atomic E-state index is -3.83. The van der Waals surface area contributed by atoms with E-state index in [0.717, 1.165) is 10.6 Å². The average molecular weight is 508 g/mol. The fraction of sp³-hybridized carbons (Fsp3) is 0.440. The Kier molecular flexibility index (Phi) is 10.1. The highest BCUT2D eigenvalue weighted by Crippen LogP contribution is 2.22. The Hall–Kier alpha value is -3.14. The Balaban J connectivity index is 2.42. The summed E-state index contributed by atoms with van der Waals surface area (Å²) in [6.07, 6.45) is 2.05. The number of benzene rings is 2. The van der Waals surface area contributed by atoms with Crippen LogP contribution in [0.3, 0.4) is 0 Å². The molecule has 0 aliphatic carbocycles. The van der Waals surface area contributed by atoms with Crippen molar-refractivity contribution in [2.45, 2.75) is 52.2 Å². The van der Waals surface area contributed by atoms with E-state index in [0.29, 0.717) is 29.8 Å². The van der Waals surface area contributed by atoms with Gasteiger partial charge in [0.25, 0.3) is 0 Å². The van der Waals surface area contributed by atoms with E-state index in [2.05, 4.69) is 5.32 Å². The van der Waals surface area contributed by atoms with Crippen LogP contribution >= 0.6 is 0 Å². The number of hydrogen-bond acceptors (Lipinski definition) is 5. The van der Waals surface area contributed by atoms with Crippen LogP contribution in [0.25, 0.3) is 0 Å². The summed E-state index contributed by atoms with van der Waals surface area (Å²) >= 11 is 0. The number of halogens is 1. The maximum atomic E-state index is 13.6. The Labute approximate surface area is 207 Å². The molecule has 35 heavy (non-hydrogen) atoms. The van der Waals surface area contributed by atoms with E-state index in [4.69, 9.17) is 4.74 Å². The largest absolute Gasteiger partial charge is 0.497 e. The van der Waals surface area contributed by atoms with Crippen molar-refractivity contribution in [2.24, 2.45) is 0 Å². The van der Waals surface area contributed by atoms with Crippen molar-refractivity contribution in [3.63, 3.8) is 0 Å². The van der Waals surface area contributed by atoms with Crippen molar-refractivity contribution in [1.29, 1.82) is 0 Å². The first-order valence-corrected chi connectivity index (χ1v) is 13.3. The van der Waals surface area contributed by atoms with Crippen molar-refractivity contribution in [1.82, 2.24) is 10.2 Å². The number of carbonyl (C=O) groups is 2. The SMILES string of the molecule is CC[C@H](C(=O)N[C@@H](C)CC)N(Cc1ccc(F)cc1)C(=O)CN(c1ccc(OC)cc1)S(C)(=O)=O. The lowest BCUT2D eigenvalue weighted by Crippen LogP contribution is -2.53. The van der Waals surface area contributed by atoms with Gasteiger partial charge in [0.15, 0.2) is 0 Å². The molecule has 8 nitrogen and oxygen atoms in total. The number of amides is 2. The molecule has 2 aromatic carbocycles. The third-order valence-electron chi connectivity index (χ3n) is 5.69. The quantitative estimate of drug-likeness (QED) is 0.476. The van der Waals surface area contributed by atoms with Gasteiger partial charge in [-0.3, -0.25) is 13.9 Å². The van der Waals surface area contributed by atoms with Gasteiger partial charge in [-0.2, -0.15) is 0 Å². The molecular formula is C25H34FN3O5S. The summed E-state index contributed by atoms with van der Waals surface area (Å²) < 4.78 is 44.8. The van der Waals surface area contributed by atoms with Crippen LogP contribution in [0, 0.1) is 5.82 Å². The Morgan fingerprint density at radius 1 is 1.03 bits per heavy atom. The highest BCUT2D eigenvalue weighted by molar-refractivity contribution is 7.92. The molecular weight excluding hydrogens is 473 g/mol. The van der Waals surface area contributed by atoms with Gasteiger partial charge in [0.1, 0.15) is 24.2 Å². The molecule has 0 heterocycles. The minimum Gasteiger partial charge on any atom is -0.497 e. The third-order valence-corrected chi connectivity index (χ3v) is 6.83. The maximum Gasteiger partial charge on any atom is 0.244 e. The zero-order valence-electron chi connectivity index (χ0n) is 20.8. The van der Waals surface area contributed by atoms with Crippen molar-refractivity contribution in [3.8, 4) is 5.75 Å². The first-order valence-electron chi connectivity index (χ1n) is 11.5. The Morgan fingerprint density at radius 2 is 1.63 bits per heavy atom. The number of ether oxygens (including phenoxy) is 1. The van der Waals surface area contributed by atoms with Crippen molar-refractivity contribution in [3.05, 3.63) is 59.9 Å². The van der Waals surface area contributed by atoms with E-state index < -0.39 is 34.3 Å². The second-order valence-electron chi connectivity index (χ2n) is 8.36. The van der Waals surface area contributed by atoms with E-state index in [1.165, 1.54) is 36.3 Å². The average Bonchev–Trinajstić information content (AvgIpc) is 2.82. The monoisotopic (exact) mass is 507 g/mol. The molecule has 2 aromatic rings. The van der Waals surface area contributed by atoms with Gasteiger partial charge >= 0.3 is 0 Å². The van der Waals surface area contributed by atoms with Gasteiger partial charge in [0, 0.05) is 12.6 Å². The van der Waals surface area contributed by atoms with E-state index in [-0.39, 0.29) is 18.5 Å². The first-order chi connectivity index (χ1) is 16.5. The van der Waals surface area contributed by atoms with Crippen LogP contribution in [-0.4, -0.2) is 57.1 Å². The molecule has 192 valence electrons. The van der Waals surface area contributed by atoms with Gasteiger partial charge in [0.2, 0.25) is 21.8 Å². The lowest BCUT2D eigenvalue weighted by molar-refractivity contribution is -0.140. The molecule has 0 saturated carbocycles. The lowest BCUT2D eigenvalue weighted by atomic mass is 10.1. The number of sulfonamides is 1. The molecule has 2 amide bonds. The van der Waals surface area contributed by atoms with Crippen LogP contribution in [0.1, 0.15) is 39.2 Å². The Morgan fingerprint density at radius 3 is 2.11 bits per heavy atom. The van der Waals surface area contributed by atoms with Gasteiger partial charge in [-0.05, 0) is 61.7 Å². The topological polar surface area (TPSA) is 96.0 Å². The summed E-state index contributed by atoms with van der Waals surface area (Å²) in [4.78, 5) is 28.0. The number of methoxy groups -OCH3 is 1. The van der Waals surface area contributed by atoms with E-state index in [1.807, 2.05) is 13.8 Å². The molecule has 0 aromatic heterocycles. The molecule has 0 saturated heterocycles. The number of rotatable bonds is 12. The standard InChI is InChI=1S/C25H34FN3O5S/c1-6-18(3)27-25(31)23(7-2)28(16-19-8-10-20(26)11-9-19)24(30)17-29(35(5,32)33)21-12-14-22(34-4)15-13-21/h8-15,18,23H,6-7,16-17H2,1-5H3,(H,27,31)/t18-,23+/m0/s1. The van der Waals surface area contributed by atoms with E-state index >= 15 is 0 Å². The summed E-state index contributed by atoms with van der Waals surface area (Å²) in [5.74, 6) is -0.760. The van der Waals surface area contributed by atoms with Gasteiger partial charge in [-0.1, -0.05) is 26.0 Å². The molecule has 1 N–H and O–H groups in total. The van der Waals surface area contributed by atoms with Gasteiger partial charge < -0.3 is 15.0 Å². The number of anilines is 1. The molecule has 10 heteroatoms. The lowest BCUT2D eigenvalue weighted by Gasteiger charge is -2.33. The van der Waals surface area contributed by atoms with Gasteiger partial charge in [-0.25, -0.2) is 12.8 Å². The number of carbonyl (C=O) groups excluding carboxylic acids is 2. The molecule has 0 fully saturated rings. The normalized spacial score (nSPS) is 13.0. The van der Waals surface area contributed by atoms with Crippen molar-refractivity contribution < 1.29 is 27.1 Å². The van der Waals surface area contributed by atoms with Crippen molar-refractivity contribution >= 4 is 27.5 Å². The summed E-state index contributed by atoms with van der Waals surface area (Å²) in [6.45, 7) is 5.10. The number of nitrogens with one attached hydrogen (secondary N) is 1. The number of nitrogens with zero attached hydrogens (tertiary/aromatic N) is 2. The van der Waals surface area contributed by atoms with E-state index in [9.17, 15) is 22.4 Å². The molecule has 0 radical (unpaired) electrons. The molecule has 0 bridgehead atoms. The number of hydrogen-bond donors (Lipinski definition) is 1. The fourth-order valence-corrected chi connectivity index (χ4v) is 4.36. The second-order valence-corrected chi connectivity index (χ2v) is 10.3. The Bertz CT molecular complexity index is 1090. The predicted molar refractivity (Wildman–Crippen MR) is 134 cm³/mol. The molecule has 2 atom stereocenters. The molecule has 2 rings (SSSR count). The van der Waals surface area contributed by atoms with Crippen LogP contribution in [0.15, 0.2) is 48.5 Å². The zero-order valence-corrected chi connectivity index (χ0v) is 21.6. The van der Waals surface area contributed by atoms with Crippen LogP contribution < -0.4 is 14.4 Å². The maximum absolute atomic E-state index is 13.6. The van der Waals surface area contributed by atoms with E-state index in [1.54, 1.807) is 31.2 Å². The minimum absolute atomic E-state index is 0.0196. The van der Waals surface area contributed by atoms with Crippen LogP contribution in [-0.2, 0) is 26.2 Å². The van der Waals surface area contributed by atoms with Crippen molar-refractivity contribution in [2.75, 3.05) is 24.2 Å². The van der Waals surface area contributed by atoms with Crippen LogP contribution in [0.4, 0.5) is 10.1 Å². The van der Waals surface area contributed by atoms with Gasteiger partial charge in [0.05, 0.1) is 19.1 Å². The van der Waals surface area contributed by atoms with Crippen LogP contribution in [0.2, 0.25) is 0 Å². The molecule has 0 spiro atoms. The summed E-state index contributed by atoms with van der Waals surface area (Å²) in [6, 6.07) is 11.0. The summed E-state index contributed by atoms with van der Waals surface area (Å²) in [5, 5.41) is 2.90. The van der Waals surface area contributed by atoms with Crippen LogP contribution in [0.5, 0.6) is 5.75 Å². The summed E-state index contributed by atoms with van der Waals surface area (Å²) in [7, 11) is -2.33. The first kappa shape index (κ1) is 28.1. The summed E-state index contributed by atoms with van der Waals surface area (Å²) in [5.41, 5.74) is 0.908. The second kappa shape index (κ2) is 12.5. The highest BCUT2D eigenvalue weighted by atomic mass is 32.2. The molecule has 0 aliphatic heterocycles.